The van der Waals surface area contributed by atoms with E-state index in [0.717, 1.165) is 33.8 Å². The highest BCUT2D eigenvalue weighted by atomic mass is 32.2. The highest BCUT2D eigenvalue weighted by Crippen LogP contribution is 2.44. The SMILES string of the molecule is O=C(O)NC1CCSc2cc(-c3ccc4c(c3)OC(F)(F)O4)ccc21. The molecule has 0 saturated heterocycles. The fourth-order valence-corrected chi connectivity index (χ4v) is 4.16. The van der Waals surface area contributed by atoms with Gasteiger partial charge in [-0.25, -0.2) is 4.79 Å². The number of amides is 1. The average Bonchev–Trinajstić information content (AvgIpc) is 2.87. The standard InChI is InChI=1S/C17H13F2NO4S/c18-17(19)23-13-4-2-9(7-14(13)24-17)10-1-3-11-12(20-16(21)22)5-6-25-15(11)8-10/h1-4,7-8,12,20H,5-6H2,(H,21,22). The Morgan fingerprint density at radius 3 is 2.68 bits per heavy atom. The van der Waals surface area contributed by atoms with Crippen LogP contribution < -0.4 is 14.8 Å². The lowest BCUT2D eigenvalue weighted by Crippen LogP contribution is -2.29. The summed E-state index contributed by atoms with van der Waals surface area (Å²) >= 11 is 1.64. The fourth-order valence-electron chi connectivity index (χ4n) is 3.00. The molecule has 0 radical (unpaired) electrons. The van der Waals surface area contributed by atoms with Crippen LogP contribution in [-0.2, 0) is 0 Å². The summed E-state index contributed by atoms with van der Waals surface area (Å²) in [5.41, 5.74) is 2.48. The van der Waals surface area contributed by atoms with Crippen molar-refractivity contribution >= 4 is 17.9 Å². The van der Waals surface area contributed by atoms with Gasteiger partial charge in [-0.2, -0.15) is 0 Å². The van der Waals surface area contributed by atoms with Crippen LogP contribution in [-0.4, -0.2) is 23.2 Å². The number of rotatable bonds is 2. The minimum atomic E-state index is -3.64. The Morgan fingerprint density at radius 1 is 1.16 bits per heavy atom. The summed E-state index contributed by atoms with van der Waals surface area (Å²) in [6.45, 7) is 0. The molecule has 2 aromatic rings. The summed E-state index contributed by atoms with van der Waals surface area (Å²) in [7, 11) is 0. The molecular weight excluding hydrogens is 352 g/mol. The van der Waals surface area contributed by atoms with Gasteiger partial charge >= 0.3 is 12.4 Å². The molecular formula is C17H13F2NO4S. The van der Waals surface area contributed by atoms with Crippen LogP contribution in [0.4, 0.5) is 13.6 Å². The third-order valence-corrected chi connectivity index (χ3v) is 5.19. The normalized spacial score (nSPS) is 20.0. The number of alkyl halides is 2. The van der Waals surface area contributed by atoms with Gasteiger partial charge in [0.2, 0.25) is 0 Å². The summed E-state index contributed by atoms with van der Waals surface area (Å²) in [6, 6.07) is 10.1. The van der Waals surface area contributed by atoms with Crippen LogP contribution in [0, 0.1) is 0 Å². The molecule has 2 heterocycles. The first-order valence-corrected chi connectivity index (χ1v) is 8.56. The Labute approximate surface area is 145 Å². The third-order valence-electron chi connectivity index (χ3n) is 4.09. The summed E-state index contributed by atoms with van der Waals surface area (Å²) in [4.78, 5) is 11.9. The number of hydrogen-bond donors (Lipinski definition) is 2. The third kappa shape index (κ3) is 3.09. The van der Waals surface area contributed by atoms with Crippen LogP contribution in [0.1, 0.15) is 18.0 Å². The zero-order valence-corrected chi connectivity index (χ0v) is 13.6. The molecule has 8 heteroatoms. The number of ether oxygens (including phenoxy) is 2. The van der Waals surface area contributed by atoms with E-state index in [-0.39, 0.29) is 17.5 Å². The van der Waals surface area contributed by atoms with E-state index in [9.17, 15) is 13.6 Å². The molecule has 0 fully saturated rings. The van der Waals surface area contributed by atoms with Crippen molar-refractivity contribution in [2.24, 2.45) is 0 Å². The fraction of sp³-hybridized carbons (Fsp3) is 0.235. The molecule has 2 aliphatic heterocycles. The molecule has 0 aliphatic carbocycles. The van der Waals surface area contributed by atoms with Gasteiger partial charge in [0.25, 0.3) is 0 Å². The second-order valence-corrected chi connectivity index (χ2v) is 6.86. The largest absolute Gasteiger partial charge is 0.586 e. The lowest BCUT2D eigenvalue weighted by Gasteiger charge is -2.25. The maximum absolute atomic E-state index is 13.1. The van der Waals surface area contributed by atoms with Crippen LogP contribution in [0.25, 0.3) is 11.1 Å². The van der Waals surface area contributed by atoms with Crippen LogP contribution in [0.2, 0.25) is 0 Å². The van der Waals surface area contributed by atoms with E-state index >= 15 is 0 Å². The van der Waals surface area contributed by atoms with Gasteiger partial charge in [-0.3, -0.25) is 0 Å². The van der Waals surface area contributed by atoms with Crippen molar-refractivity contribution in [3.63, 3.8) is 0 Å². The van der Waals surface area contributed by atoms with Crippen LogP contribution in [0.5, 0.6) is 11.5 Å². The molecule has 1 unspecified atom stereocenters. The number of halogens is 2. The highest BCUT2D eigenvalue weighted by molar-refractivity contribution is 7.99. The van der Waals surface area contributed by atoms with Crippen molar-refractivity contribution in [1.29, 1.82) is 0 Å². The molecule has 1 amide bonds. The maximum atomic E-state index is 13.1. The Kier molecular flexibility index (Phi) is 3.72. The Balaban J connectivity index is 1.66. The van der Waals surface area contributed by atoms with E-state index in [0.29, 0.717) is 0 Å². The van der Waals surface area contributed by atoms with Gasteiger partial charge in [-0.1, -0.05) is 18.2 Å². The molecule has 5 nitrogen and oxygen atoms in total. The zero-order valence-electron chi connectivity index (χ0n) is 12.8. The van der Waals surface area contributed by atoms with Crippen molar-refractivity contribution in [2.75, 3.05) is 5.75 Å². The predicted octanol–water partition coefficient (Wildman–Crippen LogP) is 4.48. The van der Waals surface area contributed by atoms with Gasteiger partial charge in [-0.15, -0.1) is 20.5 Å². The van der Waals surface area contributed by atoms with Gasteiger partial charge in [0.15, 0.2) is 11.5 Å². The molecule has 0 spiro atoms. The molecule has 0 bridgehead atoms. The molecule has 0 saturated carbocycles. The molecule has 1 atom stereocenters. The maximum Gasteiger partial charge on any atom is 0.586 e. The number of fused-ring (bicyclic) bond motifs is 2. The van der Waals surface area contributed by atoms with Crippen molar-refractivity contribution in [2.45, 2.75) is 23.7 Å². The summed E-state index contributed by atoms with van der Waals surface area (Å²) < 4.78 is 35.2. The smallest absolute Gasteiger partial charge is 0.465 e. The summed E-state index contributed by atoms with van der Waals surface area (Å²) in [6.07, 6.45) is -3.96. The van der Waals surface area contributed by atoms with Gasteiger partial charge < -0.3 is 19.9 Å². The van der Waals surface area contributed by atoms with Gasteiger partial charge in [0, 0.05) is 10.6 Å². The number of carboxylic acid groups (broad SMARTS) is 1. The van der Waals surface area contributed by atoms with Crippen LogP contribution in [0.15, 0.2) is 41.3 Å². The highest BCUT2D eigenvalue weighted by Gasteiger charge is 2.43. The van der Waals surface area contributed by atoms with E-state index in [1.807, 2.05) is 18.2 Å². The minimum absolute atomic E-state index is 0.00158. The number of thioether (sulfide) groups is 1. The second kappa shape index (κ2) is 5.80. The van der Waals surface area contributed by atoms with Gasteiger partial charge in [0.1, 0.15) is 0 Å². The Bertz CT molecular complexity index is 859. The van der Waals surface area contributed by atoms with Crippen molar-refractivity contribution in [1.82, 2.24) is 5.32 Å². The number of carbonyl (C=O) groups is 1. The molecule has 130 valence electrons. The van der Waals surface area contributed by atoms with Crippen molar-refractivity contribution < 1.29 is 28.2 Å². The Morgan fingerprint density at radius 2 is 1.88 bits per heavy atom. The Hall–Kier alpha value is -2.48. The summed E-state index contributed by atoms with van der Waals surface area (Å²) in [5, 5.41) is 11.5. The van der Waals surface area contributed by atoms with Gasteiger partial charge in [0.05, 0.1) is 6.04 Å². The van der Waals surface area contributed by atoms with E-state index in [1.165, 1.54) is 12.1 Å². The monoisotopic (exact) mass is 365 g/mol. The first-order valence-electron chi connectivity index (χ1n) is 7.58. The quantitative estimate of drug-likeness (QED) is 0.821. The lowest BCUT2D eigenvalue weighted by molar-refractivity contribution is -0.286. The topological polar surface area (TPSA) is 67.8 Å². The van der Waals surface area contributed by atoms with E-state index in [2.05, 4.69) is 14.8 Å². The van der Waals surface area contributed by atoms with Crippen molar-refractivity contribution in [3.8, 4) is 22.6 Å². The summed E-state index contributed by atoms with van der Waals surface area (Å²) in [5.74, 6) is 0.805. The van der Waals surface area contributed by atoms with Gasteiger partial charge in [-0.05, 0) is 41.3 Å². The molecule has 25 heavy (non-hydrogen) atoms. The van der Waals surface area contributed by atoms with E-state index in [4.69, 9.17) is 5.11 Å². The lowest BCUT2D eigenvalue weighted by atomic mass is 9.98. The average molecular weight is 365 g/mol. The molecule has 2 N–H and O–H groups in total. The number of benzene rings is 2. The second-order valence-electron chi connectivity index (χ2n) is 5.72. The zero-order chi connectivity index (χ0) is 17.6. The molecule has 4 rings (SSSR count). The first-order chi connectivity index (χ1) is 11.9. The van der Waals surface area contributed by atoms with Crippen molar-refractivity contribution in [3.05, 3.63) is 42.0 Å². The van der Waals surface area contributed by atoms with Crippen LogP contribution >= 0.6 is 11.8 Å². The molecule has 2 aromatic carbocycles. The van der Waals surface area contributed by atoms with E-state index < -0.39 is 12.4 Å². The molecule has 2 aliphatic rings. The number of hydrogen-bond acceptors (Lipinski definition) is 4. The molecule has 0 aromatic heterocycles. The first kappa shape index (κ1) is 16.0. The van der Waals surface area contributed by atoms with Crippen LogP contribution in [0.3, 0.4) is 0 Å². The number of nitrogens with one attached hydrogen (secondary N) is 1. The minimum Gasteiger partial charge on any atom is -0.465 e. The predicted molar refractivity (Wildman–Crippen MR) is 87.3 cm³/mol. The van der Waals surface area contributed by atoms with E-state index in [1.54, 1.807) is 17.8 Å².